The van der Waals surface area contributed by atoms with Gasteiger partial charge in [-0.1, -0.05) is 84.8 Å². The fourth-order valence-electron chi connectivity index (χ4n) is 2.23. The first-order valence-corrected chi connectivity index (χ1v) is 8.34. The summed E-state index contributed by atoms with van der Waals surface area (Å²) in [4.78, 5) is 18.7. The lowest BCUT2D eigenvalue weighted by atomic mass is 9.84. The number of Topliss-reactive ketones (excluding diaryl/α,β-unsaturated/α-hetero) is 1. The number of rotatable bonds is 4. The molecule has 0 amide bonds. The molecule has 0 aromatic heterocycles. The molecule has 2 atom stereocenters. The predicted octanol–water partition coefficient (Wildman–Crippen LogP) is 4.91. The van der Waals surface area contributed by atoms with Crippen LogP contribution in [-0.2, 0) is 9.59 Å². The topological polar surface area (TPSA) is 54.4 Å². The SMILES string of the molecule is C=C/C=C(\C=C)C(=O)CO.C=O.CC1CCCC(C)C1.CCC. The van der Waals surface area contributed by atoms with Gasteiger partial charge in [0.25, 0.3) is 0 Å². The molecule has 3 heteroatoms. The first kappa shape index (κ1) is 26.4. The van der Waals surface area contributed by atoms with E-state index in [1.165, 1.54) is 50.3 Å². The molecule has 0 bridgehead atoms. The molecule has 134 valence electrons. The molecule has 0 spiro atoms. The van der Waals surface area contributed by atoms with Gasteiger partial charge in [-0.25, -0.2) is 0 Å². The highest BCUT2D eigenvalue weighted by Gasteiger charge is 2.13. The summed E-state index contributed by atoms with van der Waals surface area (Å²) in [6, 6.07) is 0. The Balaban J connectivity index is -0.000000275. The van der Waals surface area contributed by atoms with Crippen LogP contribution in [0.1, 0.15) is 59.8 Å². The van der Waals surface area contributed by atoms with Crippen molar-refractivity contribution in [1.82, 2.24) is 0 Å². The molecule has 23 heavy (non-hydrogen) atoms. The maximum atomic E-state index is 10.7. The van der Waals surface area contributed by atoms with E-state index in [-0.39, 0.29) is 5.78 Å². The number of carbonyl (C=O) groups excluding carboxylic acids is 2. The number of hydrogen-bond acceptors (Lipinski definition) is 3. The summed E-state index contributed by atoms with van der Waals surface area (Å²) in [5, 5.41) is 8.39. The number of aliphatic hydroxyl groups is 1. The van der Waals surface area contributed by atoms with Crippen molar-refractivity contribution in [2.24, 2.45) is 11.8 Å². The zero-order valence-electron chi connectivity index (χ0n) is 15.5. The van der Waals surface area contributed by atoms with Crippen molar-refractivity contribution in [2.75, 3.05) is 6.61 Å². The van der Waals surface area contributed by atoms with E-state index in [4.69, 9.17) is 9.90 Å². The van der Waals surface area contributed by atoms with E-state index in [0.29, 0.717) is 5.57 Å². The number of carbonyl (C=O) groups is 2. The largest absolute Gasteiger partial charge is 0.388 e. The highest BCUT2D eigenvalue weighted by molar-refractivity contribution is 5.98. The number of ketones is 1. The Morgan fingerprint density at radius 2 is 1.57 bits per heavy atom. The maximum Gasteiger partial charge on any atom is 0.188 e. The Kier molecular flexibility index (Phi) is 23.6. The van der Waals surface area contributed by atoms with Gasteiger partial charge in [-0.15, -0.1) is 0 Å². The third kappa shape index (κ3) is 18.5. The highest BCUT2D eigenvalue weighted by atomic mass is 16.3. The van der Waals surface area contributed by atoms with Crippen LogP contribution in [0.4, 0.5) is 0 Å². The Labute approximate surface area is 143 Å². The molecule has 0 saturated heterocycles. The van der Waals surface area contributed by atoms with Crippen molar-refractivity contribution < 1.29 is 14.7 Å². The Morgan fingerprint density at radius 3 is 1.78 bits per heavy atom. The lowest BCUT2D eigenvalue weighted by Gasteiger charge is -2.22. The van der Waals surface area contributed by atoms with Crippen molar-refractivity contribution in [1.29, 1.82) is 0 Å². The second-order valence-corrected chi connectivity index (χ2v) is 5.73. The molecular formula is C20H36O3. The third-order valence-corrected chi connectivity index (χ3v) is 3.18. The molecule has 3 nitrogen and oxygen atoms in total. The number of aliphatic hydroxyl groups excluding tert-OH is 1. The fraction of sp³-hybridized carbons (Fsp3) is 0.600. The summed E-state index contributed by atoms with van der Waals surface area (Å²) in [5.74, 6) is 1.69. The van der Waals surface area contributed by atoms with Gasteiger partial charge >= 0.3 is 0 Å². The van der Waals surface area contributed by atoms with Gasteiger partial charge < -0.3 is 9.90 Å². The van der Waals surface area contributed by atoms with Crippen LogP contribution in [0.15, 0.2) is 37.0 Å². The molecule has 1 saturated carbocycles. The Hall–Kier alpha value is -1.48. The molecule has 0 aliphatic heterocycles. The van der Waals surface area contributed by atoms with Gasteiger partial charge in [-0.05, 0) is 18.3 Å². The molecule has 0 aromatic rings. The van der Waals surface area contributed by atoms with Crippen LogP contribution in [0.3, 0.4) is 0 Å². The van der Waals surface area contributed by atoms with Crippen LogP contribution >= 0.6 is 0 Å². The van der Waals surface area contributed by atoms with E-state index >= 15 is 0 Å². The lowest BCUT2D eigenvalue weighted by molar-refractivity contribution is -0.117. The van der Waals surface area contributed by atoms with E-state index in [1.54, 1.807) is 0 Å². The third-order valence-electron chi connectivity index (χ3n) is 3.18. The molecular weight excluding hydrogens is 288 g/mol. The molecule has 1 N–H and O–H groups in total. The van der Waals surface area contributed by atoms with E-state index in [0.717, 1.165) is 11.8 Å². The summed E-state index contributed by atoms with van der Waals surface area (Å²) in [6.07, 6.45) is 11.5. The second-order valence-electron chi connectivity index (χ2n) is 5.73. The van der Waals surface area contributed by atoms with Crippen LogP contribution < -0.4 is 0 Å². The van der Waals surface area contributed by atoms with Gasteiger partial charge in [0.05, 0.1) is 0 Å². The van der Waals surface area contributed by atoms with E-state index < -0.39 is 6.61 Å². The maximum absolute atomic E-state index is 10.7. The molecule has 1 fully saturated rings. The molecule has 1 aliphatic carbocycles. The normalized spacial score (nSPS) is 19.4. The predicted molar refractivity (Wildman–Crippen MR) is 100 cm³/mol. The minimum atomic E-state index is -0.480. The molecule has 2 unspecified atom stereocenters. The Morgan fingerprint density at radius 1 is 1.13 bits per heavy atom. The van der Waals surface area contributed by atoms with E-state index in [1.807, 2.05) is 6.79 Å². The van der Waals surface area contributed by atoms with Gasteiger partial charge in [0.2, 0.25) is 0 Å². The minimum Gasteiger partial charge on any atom is -0.388 e. The first-order chi connectivity index (χ1) is 11.0. The van der Waals surface area contributed by atoms with E-state index in [9.17, 15) is 4.79 Å². The van der Waals surface area contributed by atoms with Crippen molar-refractivity contribution in [3.8, 4) is 0 Å². The van der Waals surface area contributed by atoms with Crippen molar-refractivity contribution in [2.45, 2.75) is 59.8 Å². The van der Waals surface area contributed by atoms with Crippen molar-refractivity contribution >= 4 is 12.6 Å². The van der Waals surface area contributed by atoms with Crippen LogP contribution in [0.25, 0.3) is 0 Å². The monoisotopic (exact) mass is 324 g/mol. The number of hydrogen-bond donors (Lipinski definition) is 1. The Bertz CT molecular complexity index is 324. The lowest BCUT2D eigenvalue weighted by Crippen LogP contribution is -2.09. The van der Waals surface area contributed by atoms with Crippen LogP contribution in [0, 0.1) is 11.8 Å². The second kappa shape index (κ2) is 20.5. The van der Waals surface area contributed by atoms with Gasteiger partial charge in [0, 0.05) is 5.57 Å². The van der Waals surface area contributed by atoms with E-state index in [2.05, 4.69) is 40.9 Å². The van der Waals surface area contributed by atoms with Gasteiger partial charge in [0.15, 0.2) is 5.78 Å². The molecule has 1 aliphatic rings. The van der Waals surface area contributed by atoms with Crippen LogP contribution in [0.2, 0.25) is 0 Å². The fourth-order valence-corrected chi connectivity index (χ4v) is 2.23. The van der Waals surface area contributed by atoms with Gasteiger partial charge in [-0.2, -0.15) is 0 Å². The highest BCUT2D eigenvalue weighted by Crippen LogP contribution is 2.27. The summed E-state index contributed by atoms with van der Waals surface area (Å²) < 4.78 is 0. The molecule has 0 aromatic carbocycles. The zero-order valence-corrected chi connectivity index (χ0v) is 15.5. The van der Waals surface area contributed by atoms with Crippen LogP contribution in [0.5, 0.6) is 0 Å². The molecule has 0 radical (unpaired) electrons. The smallest absolute Gasteiger partial charge is 0.188 e. The molecule has 0 heterocycles. The summed E-state index contributed by atoms with van der Waals surface area (Å²) in [5.41, 5.74) is 0.387. The number of allylic oxidation sites excluding steroid dienone is 3. The van der Waals surface area contributed by atoms with Gasteiger partial charge in [0.1, 0.15) is 13.4 Å². The first-order valence-electron chi connectivity index (χ1n) is 8.34. The van der Waals surface area contributed by atoms with Crippen LogP contribution in [-0.4, -0.2) is 24.3 Å². The van der Waals surface area contributed by atoms with Crippen molar-refractivity contribution in [3.05, 3.63) is 37.0 Å². The van der Waals surface area contributed by atoms with Gasteiger partial charge in [-0.3, -0.25) is 4.79 Å². The average molecular weight is 325 g/mol. The minimum absolute atomic E-state index is 0.338. The molecule has 1 rings (SSSR count). The average Bonchev–Trinajstić information content (AvgIpc) is 2.55. The summed E-state index contributed by atoms with van der Waals surface area (Å²) >= 11 is 0. The standard InChI is InChI=1S/C8H10O2.C8H16.C3H8.CH2O/c1-3-5-7(4-2)8(10)6-9;1-7-4-3-5-8(2)6-7;1-3-2;1-2/h3-5,9H,1-2,6H2;7-8H,3-6H2,1-2H3;3H2,1-2H3;1H2/b7-5+;;;. The zero-order chi connectivity index (χ0) is 18.7. The summed E-state index contributed by atoms with van der Waals surface area (Å²) in [7, 11) is 0. The quantitative estimate of drug-likeness (QED) is 0.590. The van der Waals surface area contributed by atoms with Crippen molar-refractivity contribution in [3.63, 3.8) is 0 Å². The summed E-state index contributed by atoms with van der Waals surface area (Å²) in [6.45, 7) is 17.3.